The molecule has 0 fully saturated rings. The molecule has 2 aromatic heterocycles. The van der Waals surface area contributed by atoms with Gasteiger partial charge in [-0.2, -0.15) is 13.2 Å². The lowest BCUT2D eigenvalue weighted by Gasteiger charge is -2.41. The zero-order chi connectivity index (χ0) is 62.6. The summed E-state index contributed by atoms with van der Waals surface area (Å²) in [6, 6.07) is 11.9. The van der Waals surface area contributed by atoms with Crippen LogP contribution in [-0.2, 0) is 65.7 Å². The minimum Gasteiger partial charge on any atom is -0.475 e. The molecule has 3 heterocycles. The number of nitrogens with two attached hydrogens (primary N) is 1. The summed E-state index contributed by atoms with van der Waals surface area (Å²) in [6.07, 6.45) is -0.0664. The first-order valence-electron chi connectivity index (χ1n) is 26.2. The molecule has 4 aromatic rings. The van der Waals surface area contributed by atoms with Gasteiger partial charge in [0, 0.05) is 86.0 Å². The molecule has 452 valence electrons. The Labute approximate surface area is 479 Å². The number of benzene rings is 2. The van der Waals surface area contributed by atoms with Crippen LogP contribution in [0, 0.1) is 23.0 Å². The summed E-state index contributed by atoms with van der Waals surface area (Å²) in [6.45, 7) is 6.46. The first-order valence-corrected chi connectivity index (χ1v) is 26.2. The van der Waals surface area contributed by atoms with E-state index >= 15 is 4.39 Å². The fraction of sp³-hybridized carbons (Fsp3) is 0.404. The summed E-state index contributed by atoms with van der Waals surface area (Å²) >= 11 is 0. The van der Waals surface area contributed by atoms with E-state index in [0.29, 0.717) is 11.3 Å². The van der Waals surface area contributed by atoms with Crippen molar-refractivity contribution >= 4 is 64.8 Å². The molecule has 5 atom stereocenters. The van der Waals surface area contributed by atoms with Gasteiger partial charge in [-0.3, -0.25) is 57.8 Å². The Morgan fingerprint density at radius 3 is 1.99 bits per heavy atom. The van der Waals surface area contributed by atoms with Crippen LogP contribution in [0.25, 0.3) is 11.1 Å². The van der Waals surface area contributed by atoms with Crippen LogP contribution in [0.3, 0.4) is 0 Å². The van der Waals surface area contributed by atoms with Crippen molar-refractivity contribution in [2.75, 3.05) is 26.2 Å². The summed E-state index contributed by atoms with van der Waals surface area (Å²) in [5.74, 6) is -12.6. The number of carboxylic acids is 1. The van der Waals surface area contributed by atoms with Crippen molar-refractivity contribution in [1.29, 1.82) is 0 Å². The highest BCUT2D eigenvalue weighted by molar-refractivity contribution is 6.14. The van der Waals surface area contributed by atoms with Crippen LogP contribution in [0.2, 0.25) is 0 Å². The standard InChI is InChI=1S/C55H65F2N9O11.C2HF3O2/c1-33(24-45(69)34(2)61-47(71)25-35-17-21-59-22-18-35)52(75)63-43(28-46(58)70)54(77)62-42(53(76)60-20-9-12-39(68)31-66-48(72)15-16-49(66)73)19-23-65(50(74)32-67)51(55(3,4)5)44-26-37(40-27-38(56)13-14-41(40)57)30-64(44)29-36-10-7-6-8-11-36;3-2(4,5)1(6)7/h6-8,10-11,13-18,21-22,26-27,30,33-34,42-43,51,67H,9,12,19-20,23-25,28-29,31-32H2,1-5H3,(H2,58,70)(H,60,76)(H,61,71)(H,62,77)(H,63,75);(H,6,7)/t33-,34-,42-,43-,51-;/m0./s1. The van der Waals surface area contributed by atoms with Crippen molar-refractivity contribution < 1.29 is 84.9 Å². The zero-order valence-corrected chi connectivity index (χ0v) is 46.5. The normalized spacial score (nSPS) is 14.0. The third-order valence-corrected chi connectivity index (χ3v) is 12.9. The van der Waals surface area contributed by atoms with E-state index in [1.54, 1.807) is 29.0 Å². The van der Waals surface area contributed by atoms with E-state index in [9.17, 15) is 70.6 Å². The number of imide groups is 1. The number of hydrogen-bond acceptors (Lipinski definition) is 13. The number of pyridine rings is 1. The van der Waals surface area contributed by atoms with Gasteiger partial charge in [-0.1, -0.05) is 58.0 Å². The van der Waals surface area contributed by atoms with E-state index in [2.05, 4.69) is 26.3 Å². The van der Waals surface area contributed by atoms with Gasteiger partial charge in [0.2, 0.25) is 35.4 Å². The maximum absolute atomic E-state index is 15.4. The Balaban J connectivity index is 0.00000203. The Morgan fingerprint density at radius 2 is 1.40 bits per heavy atom. The van der Waals surface area contributed by atoms with Crippen molar-refractivity contribution in [2.24, 2.45) is 17.1 Å². The van der Waals surface area contributed by atoms with Gasteiger partial charge in [0.15, 0.2) is 11.6 Å². The van der Waals surface area contributed by atoms with Crippen molar-refractivity contribution in [3.8, 4) is 11.1 Å². The number of Topliss-reactive ketones (excluding diaryl/α,β-unsaturated/α-hetero) is 2. The van der Waals surface area contributed by atoms with Gasteiger partial charge in [0.1, 0.15) is 30.3 Å². The second kappa shape index (κ2) is 30.9. The number of amides is 8. The number of nitrogens with zero attached hydrogens (tertiary/aromatic N) is 4. The summed E-state index contributed by atoms with van der Waals surface area (Å²) in [7, 11) is 0. The van der Waals surface area contributed by atoms with Gasteiger partial charge in [0.05, 0.1) is 31.5 Å². The van der Waals surface area contributed by atoms with Crippen molar-refractivity contribution in [1.82, 2.24) is 40.6 Å². The number of aliphatic hydroxyl groups is 1. The van der Waals surface area contributed by atoms with Gasteiger partial charge in [-0.15, -0.1) is 0 Å². The number of primary amides is 1. The monoisotopic (exact) mass is 1180 g/mol. The lowest BCUT2D eigenvalue weighted by molar-refractivity contribution is -0.192. The molecule has 1 aliphatic heterocycles. The molecule has 0 aliphatic carbocycles. The minimum absolute atomic E-state index is 0.0206. The van der Waals surface area contributed by atoms with Gasteiger partial charge in [-0.05, 0) is 72.7 Å². The van der Waals surface area contributed by atoms with E-state index in [1.165, 1.54) is 31.1 Å². The van der Waals surface area contributed by atoms with E-state index in [4.69, 9.17) is 15.6 Å². The maximum atomic E-state index is 15.4. The van der Waals surface area contributed by atoms with Crippen molar-refractivity contribution in [3.63, 3.8) is 0 Å². The Hall–Kier alpha value is -9.01. The third-order valence-electron chi connectivity index (χ3n) is 12.9. The number of aliphatic carboxylic acids is 1. The van der Waals surface area contributed by atoms with Gasteiger partial charge >= 0.3 is 12.1 Å². The van der Waals surface area contributed by atoms with Crippen LogP contribution in [0.1, 0.15) is 89.6 Å². The zero-order valence-electron chi connectivity index (χ0n) is 46.5. The smallest absolute Gasteiger partial charge is 0.475 e. The third kappa shape index (κ3) is 20.8. The molecule has 22 nitrogen and oxygen atoms in total. The Morgan fingerprint density at radius 1 is 0.786 bits per heavy atom. The molecule has 1 aliphatic rings. The molecule has 0 saturated heterocycles. The lowest BCUT2D eigenvalue weighted by Crippen LogP contribution is -2.56. The maximum Gasteiger partial charge on any atom is 0.490 e. The number of aromatic nitrogens is 2. The Bertz CT molecular complexity index is 3060. The van der Waals surface area contributed by atoms with E-state index in [1.807, 2.05) is 51.1 Å². The summed E-state index contributed by atoms with van der Waals surface area (Å²) in [4.78, 5) is 146. The topological polar surface area (TPSA) is 327 Å². The Kier molecular flexibility index (Phi) is 24.8. The number of rotatable bonds is 28. The largest absolute Gasteiger partial charge is 0.490 e. The molecule has 27 heteroatoms. The molecule has 0 bridgehead atoms. The highest BCUT2D eigenvalue weighted by Gasteiger charge is 2.40. The van der Waals surface area contributed by atoms with Crippen LogP contribution < -0.4 is 27.0 Å². The molecule has 0 unspecified atom stereocenters. The second-order valence-corrected chi connectivity index (χ2v) is 20.7. The molecular formula is C57H66F5N9O13. The average Bonchev–Trinajstić information content (AvgIpc) is 4.21. The van der Waals surface area contributed by atoms with Crippen LogP contribution in [0.15, 0.2) is 97.5 Å². The fourth-order valence-electron chi connectivity index (χ4n) is 8.73. The minimum atomic E-state index is -5.08. The molecule has 0 radical (unpaired) electrons. The molecular weight excluding hydrogens is 1110 g/mol. The number of ketones is 2. The number of halogens is 5. The van der Waals surface area contributed by atoms with E-state index in [0.717, 1.165) is 40.8 Å². The van der Waals surface area contributed by atoms with E-state index < -0.39 is 138 Å². The van der Waals surface area contributed by atoms with Crippen molar-refractivity contribution in [2.45, 2.75) is 110 Å². The van der Waals surface area contributed by atoms with Crippen LogP contribution in [-0.4, -0.2) is 145 Å². The summed E-state index contributed by atoms with van der Waals surface area (Å²) in [5.41, 5.74) is 6.77. The highest BCUT2D eigenvalue weighted by Crippen LogP contribution is 2.41. The average molecular weight is 1180 g/mol. The SMILES string of the molecule is C[C@H](NC(=O)Cc1ccncc1)C(=O)C[C@H](C)C(=O)N[C@@H](CC(N)=O)C(=O)N[C@@H](CCN(C(=O)CO)[C@@H](c1cc(-c2cc(F)ccc2F)cn1Cc1ccccc1)C(C)(C)C)C(=O)NCCCC(=O)CN1C(=O)C=CC1=O.O=C(O)C(F)(F)F. The number of nitrogens with one attached hydrogen (secondary N) is 4. The van der Waals surface area contributed by atoms with Gasteiger partial charge < -0.3 is 46.7 Å². The lowest BCUT2D eigenvalue weighted by atomic mass is 9.82. The van der Waals surface area contributed by atoms with Crippen LogP contribution >= 0.6 is 0 Å². The molecule has 5 rings (SSSR count). The van der Waals surface area contributed by atoms with Crippen molar-refractivity contribution in [3.05, 3.63) is 126 Å². The molecule has 2 aromatic carbocycles. The number of alkyl halides is 3. The van der Waals surface area contributed by atoms with Crippen LogP contribution in [0.4, 0.5) is 22.0 Å². The van der Waals surface area contributed by atoms with Crippen LogP contribution in [0.5, 0.6) is 0 Å². The highest BCUT2D eigenvalue weighted by atomic mass is 19.4. The molecule has 8 amide bonds. The number of carbonyl (C=O) groups excluding carboxylic acids is 10. The number of carbonyl (C=O) groups is 11. The predicted octanol–water partition coefficient (Wildman–Crippen LogP) is 3.39. The van der Waals surface area contributed by atoms with Gasteiger partial charge in [0.25, 0.3) is 11.8 Å². The second-order valence-electron chi connectivity index (χ2n) is 20.7. The summed E-state index contributed by atoms with van der Waals surface area (Å²) < 4.78 is 63.5. The number of aliphatic hydroxyl groups excluding tert-OH is 1. The first kappa shape index (κ1) is 67.5. The van der Waals surface area contributed by atoms with E-state index in [-0.39, 0.29) is 62.9 Å². The number of hydrogen-bond donors (Lipinski definition) is 7. The molecule has 0 saturated carbocycles. The van der Waals surface area contributed by atoms with Gasteiger partial charge in [-0.25, -0.2) is 13.6 Å². The molecule has 84 heavy (non-hydrogen) atoms. The summed E-state index contributed by atoms with van der Waals surface area (Å²) in [5, 5.41) is 27.8. The fourth-order valence-corrected chi connectivity index (χ4v) is 8.73. The quantitative estimate of drug-likeness (QED) is 0.0244. The predicted molar refractivity (Wildman–Crippen MR) is 290 cm³/mol. The molecule has 0 spiro atoms. The number of carboxylic acid groups (broad SMARTS) is 1. The molecule has 8 N–H and O–H groups in total. The first-order chi connectivity index (χ1) is 39.4.